The predicted octanol–water partition coefficient (Wildman–Crippen LogP) is 2.68. The fourth-order valence-electron chi connectivity index (χ4n) is 1.66. The van der Waals surface area contributed by atoms with E-state index in [-0.39, 0.29) is 18.2 Å². The molecule has 21 heavy (non-hydrogen) atoms. The first-order chi connectivity index (χ1) is 10.0. The number of ether oxygens (including phenoxy) is 1. The molecule has 0 spiro atoms. The van der Waals surface area contributed by atoms with Crippen molar-refractivity contribution < 1.29 is 23.8 Å². The van der Waals surface area contributed by atoms with Crippen molar-refractivity contribution in [1.29, 1.82) is 0 Å². The van der Waals surface area contributed by atoms with E-state index in [1.54, 1.807) is 18.2 Å². The summed E-state index contributed by atoms with van der Waals surface area (Å²) in [5, 5.41) is 11.4. The summed E-state index contributed by atoms with van der Waals surface area (Å²) >= 11 is 3.30. The van der Waals surface area contributed by atoms with E-state index in [2.05, 4.69) is 21.2 Å². The number of carboxylic acids is 1. The van der Waals surface area contributed by atoms with Crippen LogP contribution in [0.25, 0.3) is 0 Å². The molecule has 0 unspecified atom stereocenters. The summed E-state index contributed by atoms with van der Waals surface area (Å²) in [7, 11) is 1.54. The normalized spacial score (nSPS) is 10.2. The molecule has 1 aromatic heterocycles. The van der Waals surface area contributed by atoms with Crippen LogP contribution in [0.4, 0.5) is 0 Å². The van der Waals surface area contributed by atoms with E-state index in [4.69, 9.17) is 14.3 Å². The van der Waals surface area contributed by atoms with Gasteiger partial charge in [0, 0.05) is 5.56 Å². The number of benzene rings is 1. The molecule has 0 radical (unpaired) electrons. The molecular weight excluding hydrogens is 342 g/mol. The zero-order valence-electron chi connectivity index (χ0n) is 11.1. The van der Waals surface area contributed by atoms with Gasteiger partial charge in [-0.1, -0.05) is 0 Å². The molecule has 110 valence electrons. The van der Waals surface area contributed by atoms with Crippen LogP contribution >= 0.6 is 15.9 Å². The first-order valence-corrected chi connectivity index (χ1v) is 6.74. The van der Waals surface area contributed by atoms with Crippen molar-refractivity contribution in [2.24, 2.45) is 0 Å². The van der Waals surface area contributed by atoms with Crippen LogP contribution in [0.2, 0.25) is 0 Å². The predicted molar refractivity (Wildman–Crippen MR) is 77.5 cm³/mol. The zero-order chi connectivity index (χ0) is 15.4. The topological polar surface area (TPSA) is 88.8 Å². The molecule has 0 aliphatic rings. The molecule has 0 bridgehead atoms. The van der Waals surface area contributed by atoms with E-state index in [1.807, 2.05) is 0 Å². The molecule has 2 aromatic rings. The number of rotatable bonds is 5. The van der Waals surface area contributed by atoms with Crippen LogP contribution in [-0.4, -0.2) is 24.1 Å². The number of carboxylic acid groups (broad SMARTS) is 1. The maximum atomic E-state index is 12.0. The highest BCUT2D eigenvalue weighted by Gasteiger charge is 2.11. The fraction of sp³-hybridized carbons (Fsp3) is 0.143. The summed E-state index contributed by atoms with van der Waals surface area (Å²) in [6, 6.07) is 7.79. The van der Waals surface area contributed by atoms with E-state index >= 15 is 0 Å². The van der Waals surface area contributed by atoms with E-state index in [0.717, 1.165) is 0 Å². The van der Waals surface area contributed by atoms with Crippen LogP contribution in [0.3, 0.4) is 0 Å². The van der Waals surface area contributed by atoms with Crippen LogP contribution in [0, 0.1) is 0 Å². The lowest BCUT2D eigenvalue weighted by atomic mass is 10.2. The average molecular weight is 354 g/mol. The van der Waals surface area contributed by atoms with Crippen molar-refractivity contribution in [2.75, 3.05) is 7.11 Å². The zero-order valence-corrected chi connectivity index (χ0v) is 12.6. The van der Waals surface area contributed by atoms with Crippen molar-refractivity contribution in [1.82, 2.24) is 5.32 Å². The largest absolute Gasteiger partial charge is 0.496 e. The fourth-order valence-corrected chi connectivity index (χ4v) is 2.21. The first-order valence-electron chi connectivity index (χ1n) is 5.95. The number of hydrogen-bond acceptors (Lipinski definition) is 4. The number of furan rings is 1. The molecule has 0 saturated heterocycles. The van der Waals surface area contributed by atoms with Gasteiger partial charge in [0.2, 0.25) is 5.76 Å². The van der Waals surface area contributed by atoms with Gasteiger partial charge in [0.15, 0.2) is 0 Å². The van der Waals surface area contributed by atoms with Crippen LogP contribution in [-0.2, 0) is 6.54 Å². The molecule has 1 aromatic carbocycles. The Morgan fingerprint density at radius 2 is 2.10 bits per heavy atom. The number of carbonyl (C=O) groups is 2. The summed E-state index contributed by atoms with van der Waals surface area (Å²) in [4.78, 5) is 22.7. The third-order valence-electron chi connectivity index (χ3n) is 2.71. The molecule has 1 amide bonds. The minimum Gasteiger partial charge on any atom is -0.496 e. The van der Waals surface area contributed by atoms with Crippen molar-refractivity contribution in [3.05, 3.63) is 51.9 Å². The van der Waals surface area contributed by atoms with Crippen molar-refractivity contribution in [3.8, 4) is 5.75 Å². The second kappa shape index (κ2) is 6.45. The summed E-state index contributed by atoms with van der Waals surface area (Å²) in [5.74, 6) is -0.609. The van der Waals surface area contributed by atoms with Crippen LogP contribution < -0.4 is 10.1 Å². The first kappa shape index (κ1) is 15.1. The van der Waals surface area contributed by atoms with Crippen LogP contribution in [0.1, 0.15) is 26.7 Å². The SMILES string of the molecule is COc1ccc(C(=O)NCc2ccc(C(=O)O)o2)cc1Br. The highest BCUT2D eigenvalue weighted by Crippen LogP contribution is 2.25. The lowest BCUT2D eigenvalue weighted by Crippen LogP contribution is -2.22. The van der Waals surface area contributed by atoms with Gasteiger partial charge in [-0.2, -0.15) is 0 Å². The highest BCUT2D eigenvalue weighted by atomic mass is 79.9. The molecule has 0 aliphatic carbocycles. The molecule has 6 nitrogen and oxygen atoms in total. The van der Waals surface area contributed by atoms with Gasteiger partial charge >= 0.3 is 5.97 Å². The van der Waals surface area contributed by atoms with Gasteiger partial charge in [-0.3, -0.25) is 4.79 Å². The Morgan fingerprint density at radius 3 is 2.67 bits per heavy atom. The molecule has 7 heteroatoms. The van der Waals surface area contributed by atoms with Crippen molar-refractivity contribution in [3.63, 3.8) is 0 Å². The van der Waals surface area contributed by atoms with Crippen molar-refractivity contribution in [2.45, 2.75) is 6.54 Å². The summed E-state index contributed by atoms with van der Waals surface area (Å²) in [6.45, 7) is 0.107. The maximum Gasteiger partial charge on any atom is 0.371 e. The molecular formula is C14H12BrNO5. The third-order valence-corrected chi connectivity index (χ3v) is 3.33. The number of aromatic carboxylic acids is 1. The Balaban J connectivity index is 2.01. The average Bonchev–Trinajstić information content (AvgIpc) is 2.93. The summed E-state index contributed by atoms with van der Waals surface area (Å²) < 4.78 is 10.8. The van der Waals surface area contributed by atoms with E-state index in [1.165, 1.54) is 19.2 Å². The van der Waals surface area contributed by atoms with Gasteiger partial charge in [-0.15, -0.1) is 0 Å². The molecule has 0 atom stereocenters. The quantitative estimate of drug-likeness (QED) is 0.862. The number of nitrogens with one attached hydrogen (secondary N) is 1. The van der Waals surface area contributed by atoms with Gasteiger partial charge in [-0.05, 0) is 46.3 Å². The minimum absolute atomic E-state index is 0.107. The Morgan fingerprint density at radius 1 is 1.33 bits per heavy atom. The Bertz CT molecular complexity index is 680. The van der Waals surface area contributed by atoms with E-state index in [0.29, 0.717) is 21.5 Å². The van der Waals surface area contributed by atoms with Gasteiger partial charge < -0.3 is 19.6 Å². The Kier molecular flexibility index (Phi) is 4.64. The summed E-state index contributed by atoms with van der Waals surface area (Å²) in [5.41, 5.74) is 0.452. The van der Waals surface area contributed by atoms with E-state index < -0.39 is 5.97 Å². The molecule has 2 rings (SSSR count). The minimum atomic E-state index is -1.15. The standard InChI is InChI=1S/C14H12BrNO5/c1-20-11-4-2-8(6-10(11)15)13(17)16-7-9-3-5-12(21-9)14(18)19/h2-6H,7H2,1H3,(H,16,17)(H,18,19). The molecule has 0 fully saturated rings. The summed E-state index contributed by atoms with van der Waals surface area (Å²) in [6.07, 6.45) is 0. The second-order valence-electron chi connectivity index (χ2n) is 4.10. The van der Waals surface area contributed by atoms with Crippen LogP contribution in [0.15, 0.2) is 39.2 Å². The monoisotopic (exact) mass is 353 g/mol. The molecule has 1 heterocycles. The van der Waals surface area contributed by atoms with Gasteiger partial charge in [-0.25, -0.2) is 4.79 Å². The number of methoxy groups -OCH3 is 1. The van der Waals surface area contributed by atoms with Gasteiger partial charge in [0.25, 0.3) is 5.91 Å². The lowest BCUT2D eigenvalue weighted by molar-refractivity contribution is 0.0660. The van der Waals surface area contributed by atoms with Gasteiger partial charge in [0.05, 0.1) is 18.1 Å². The Labute approximate surface area is 128 Å². The maximum absolute atomic E-state index is 12.0. The second-order valence-corrected chi connectivity index (χ2v) is 4.96. The number of halogens is 1. The van der Waals surface area contributed by atoms with Crippen molar-refractivity contribution >= 4 is 27.8 Å². The van der Waals surface area contributed by atoms with Gasteiger partial charge in [0.1, 0.15) is 11.5 Å². The number of amides is 1. The molecule has 2 N–H and O–H groups in total. The smallest absolute Gasteiger partial charge is 0.371 e. The highest BCUT2D eigenvalue weighted by molar-refractivity contribution is 9.10. The number of hydrogen-bond donors (Lipinski definition) is 2. The third kappa shape index (κ3) is 3.63. The van der Waals surface area contributed by atoms with Crippen LogP contribution in [0.5, 0.6) is 5.75 Å². The number of carbonyl (C=O) groups excluding carboxylic acids is 1. The van der Waals surface area contributed by atoms with E-state index in [9.17, 15) is 9.59 Å². The molecule has 0 aliphatic heterocycles. The lowest BCUT2D eigenvalue weighted by Gasteiger charge is -2.06. The molecule has 0 saturated carbocycles. The Hall–Kier alpha value is -2.28.